The fourth-order valence-electron chi connectivity index (χ4n) is 5.24. The molecule has 1 saturated heterocycles. The molecule has 2 aromatic carbocycles. The number of amides is 2. The fourth-order valence-corrected chi connectivity index (χ4v) is 6.15. The Bertz CT molecular complexity index is 1380. The Kier molecular flexibility index (Phi) is 5.72. The Hall–Kier alpha value is -3.37. The highest BCUT2D eigenvalue weighted by molar-refractivity contribution is 7.15. The smallest absolute Gasteiger partial charge is 0.274 e. The van der Waals surface area contributed by atoms with Crippen molar-refractivity contribution in [2.24, 2.45) is 11.8 Å². The van der Waals surface area contributed by atoms with Crippen molar-refractivity contribution >= 4 is 23.2 Å². The minimum atomic E-state index is -0.545. The van der Waals surface area contributed by atoms with Crippen LogP contribution in [-0.4, -0.2) is 47.6 Å². The van der Waals surface area contributed by atoms with Gasteiger partial charge in [0.1, 0.15) is 23.1 Å². The van der Waals surface area contributed by atoms with Crippen molar-refractivity contribution in [1.29, 1.82) is 0 Å². The quantitative estimate of drug-likeness (QED) is 0.557. The summed E-state index contributed by atoms with van der Waals surface area (Å²) in [7, 11) is 0. The number of nitrogens with zero attached hydrogens (tertiary/aromatic N) is 2. The minimum absolute atomic E-state index is 0.00568. The lowest BCUT2D eigenvalue weighted by molar-refractivity contribution is -0.0170. The van der Waals surface area contributed by atoms with Crippen molar-refractivity contribution in [3.8, 4) is 16.2 Å². The fraction of sp³-hybridized carbons (Fsp3) is 0.346. The van der Waals surface area contributed by atoms with Crippen LogP contribution in [0.4, 0.5) is 8.78 Å². The Morgan fingerprint density at radius 2 is 2.08 bits per heavy atom. The minimum Gasteiger partial charge on any atom is -0.466 e. The molecule has 1 aromatic heterocycles. The number of nitrogens with one attached hydrogen (secondary N) is 1. The van der Waals surface area contributed by atoms with Crippen LogP contribution in [0.3, 0.4) is 0 Å². The number of aryl methyl sites for hydroxylation is 1. The maximum atomic E-state index is 14.1. The van der Waals surface area contributed by atoms with Crippen LogP contribution in [0.5, 0.6) is 5.75 Å². The Labute approximate surface area is 210 Å². The lowest BCUT2D eigenvalue weighted by Gasteiger charge is -2.28. The van der Waals surface area contributed by atoms with Gasteiger partial charge in [0.15, 0.2) is 6.79 Å². The van der Waals surface area contributed by atoms with Gasteiger partial charge in [-0.2, -0.15) is 0 Å². The average molecular weight is 512 g/mol. The molecule has 2 fully saturated rings. The molecule has 0 unspecified atom stereocenters. The third-order valence-electron chi connectivity index (χ3n) is 6.98. The predicted molar refractivity (Wildman–Crippen MR) is 128 cm³/mol. The number of carbonyl (C=O) groups excluding carboxylic acids is 2. The molecule has 3 aliphatic rings. The van der Waals surface area contributed by atoms with Gasteiger partial charge in [-0.3, -0.25) is 9.59 Å². The monoisotopic (exact) mass is 511 g/mol. The zero-order chi connectivity index (χ0) is 25.0. The summed E-state index contributed by atoms with van der Waals surface area (Å²) in [4.78, 5) is 33.5. The molecule has 3 heterocycles. The number of aromatic nitrogens is 1. The van der Waals surface area contributed by atoms with Gasteiger partial charge in [0, 0.05) is 18.7 Å². The molecule has 0 bridgehead atoms. The van der Waals surface area contributed by atoms with Gasteiger partial charge in [-0.15, -0.1) is 11.3 Å². The molecule has 1 aliphatic carbocycles. The Balaban J connectivity index is 1.22. The number of thiazole rings is 1. The first kappa shape index (κ1) is 23.1. The van der Waals surface area contributed by atoms with Crippen LogP contribution in [0.1, 0.15) is 37.8 Å². The number of carbonyl (C=O) groups is 2. The van der Waals surface area contributed by atoms with E-state index in [1.165, 1.54) is 29.5 Å². The molecule has 1 N–H and O–H groups in total. The van der Waals surface area contributed by atoms with E-state index < -0.39 is 11.7 Å². The van der Waals surface area contributed by atoms with E-state index in [4.69, 9.17) is 9.47 Å². The summed E-state index contributed by atoms with van der Waals surface area (Å²) in [6.45, 7) is 2.79. The standard InChI is InChI=1S/C26H23F2N3O4S/c1-13-30-22(24(36-13)14-3-2-4-17(27)5-14)26(33)31-10-15-7-19(15)21(31)9-29-25(32)20-8-18(28)6-16-11-34-12-35-23(16)20/h2-6,8,15,19,21H,7,9-12H2,1H3,(H,29,32)/t15-,19-,21-/m1/s1. The number of likely N-dealkylation sites (tertiary alicyclic amines) is 1. The molecular formula is C26H23F2N3O4S. The summed E-state index contributed by atoms with van der Waals surface area (Å²) in [5.74, 6) is -0.621. The van der Waals surface area contributed by atoms with E-state index in [1.54, 1.807) is 17.0 Å². The summed E-state index contributed by atoms with van der Waals surface area (Å²) in [6, 6.07) is 8.37. The number of piperidine rings is 1. The molecule has 0 spiro atoms. The molecule has 10 heteroatoms. The molecule has 0 radical (unpaired) electrons. The third-order valence-corrected chi connectivity index (χ3v) is 8.00. The van der Waals surface area contributed by atoms with Crippen molar-refractivity contribution in [2.75, 3.05) is 19.9 Å². The largest absolute Gasteiger partial charge is 0.466 e. The van der Waals surface area contributed by atoms with E-state index in [2.05, 4.69) is 10.3 Å². The van der Waals surface area contributed by atoms with Gasteiger partial charge in [0.2, 0.25) is 0 Å². The first-order valence-corrected chi connectivity index (χ1v) is 12.6. The van der Waals surface area contributed by atoms with Crippen LogP contribution in [0, 0.1) is 30.4 Å². The highest BCUT2D eigenvalue weighted by Gasteiger charge is 2.54. The topological polar surface area (TPSA) is 80.8 Å². The van der Waals surface area contributed by atoms with E-state index >= 15 is 0 Å². The molecule has 2 amide bonds. The van der Waals surface area contributed by atoms with Crippen LogP contribution >= 0.6 is 11.3 Å². The van der Waals surface area contributed by atoms with E-state index in [1.807, 2.05) is 6.92 Å². The predicted octanol–water partition coefficient (Wildman–Crippen LogP) is 4.15. The van der Waals surface area contributed by atoms with Crippen molar-refractivity contribution in [3.63, 3.8) is 0 Å². The van der Waals surface area contributed by atoms with Gasteiger partial charge in [0.25, 0.3) is 11.8 Å². The van der Waals surface area contributed by atoms with Crippen molar-refractivity contribution in [1.82, 2.24) is 15.2 Å². The number of benzene rings is 2. The van der Waals surface area contributed by atoms with Crippen molar-refractivity contribution < 1.29 is 27.8 Å². The molecule has 186 valence electrons. The molecular weight excluding hydrogens is 488 g/mol. The second-order valence-electron chi connectivity index (χ2n) is 9.37. The van der Waals surface area contributed by atoms with Gasteiger partial charge in [-0.1, -0.05) is 12.1 Å². The van der Waals surface area contributed by atoms with E-state index in [0.29, 0.717) is 44.9 Å². The van der Waals surface area contributed by atoms with Crippen molar-refractivity contribution in [3.05, 3.63) is 69.9 Å². The maximum absolute atomic E-state index is 14.1. The molecule has 3 atom stereocenters. The van der Waals surface area contributed by atoms with Crippen LogP contribution in [0.15, 0.2) is 36.4 Å². The zero-order valence-electron chi connectivity index (χ0n) is 19.4. The number of hydrogen-bond donors (Lipinski definition) is 1. The number of halogens is 2. The van der Waals surface area contributed by atoms with E-state index in [9.17, 15) is 18.4 Å². The number of ether oxygens (including phenoxy) is 2. The summed E-state index contributed by atoms with van der Waals surface area (Å²) in [5, 5.41) is 3.60. The lowest BCUT2D eigenvalue weighted by Crippen LogP contribution is -2.46. The van der Waals surface area contributed by atoms with Crippen LogP contribution in [-0.2, 0) is 11.3 Å². The molecule has 3 aromatic rings. The normalized spacial score (nSPS) is 22.0. The van der Waals surface area contributed by atoms with Gasteiger partial charge in [-0.05, 0) is 55.0 Å². The highest BCUT2D eigenvalue weighted by Crippen LogP contribution is 2.50. The first-order chi connectivity index (χ1) is 17.4. The Morgan fingerprint density at radius 1 is 1.22 bits per heavy atom. The summed E-state index contributed by atoms with van der Waals surface area (Å²) < 4.78 is 38.6. The van der Waals surface area contributed by atoms with Crippen molar-refractivity contribution in [2.45, 2.75) is 26.0 Å². The summed E-state index contributed by atoms with van der Waals surface area (Å²) >= 11 is 1.35. The molecule has 1 saturated carbocycles. The third kappa shape index (κ3) is 4.14. The van der Waals surface area contributed by atoms with Gasteiger partial charge < -0.3 is 19.7 Å². The first-order valence-electron chi connectivity index (χ1n) is 11.7. The second-order valence-corrected chi connectivity index (χ2v) is 10.6. The SMILES string of the molecule is Cc1nc(C(=O)N2C[C@H]3C[C@H]3[C@H]2CNC(=O)c2cc(F)cc3c2OCOC3)c(-c2cccc(F)c2)s1. The van der Waals surface area contributed by atoms with E-state index in [0.717, 1.165) is 12.5 Å². The maximum Gasteiger partial charge on any atom is 0.274 e. The highest BCUT2D eigenvalue weighted by atomic mass is 32.1. The lowest BCUT2D eigenvalue weighted by atomic mass is 10.1. The molecule has 2 aliphatic heterocycles. The Morgan fingerprint density at radius 3 is 2.92 bits per heavy atom. The number of fused-ring (bicyclic) bond motifs is 2. The second kappa shape index (κ2) is 8.94. The number of rotatable bonds is 5. The zero-order valence-corrected chi connectivity index (χ0v) is 20.2. The number of hydrogen-bond acceptors (Lipinski definition) is 6. The van der Waals surface area contributed by atoms with Crippen LogP contribution in [0.25, 0.3) is 10.4 Å². The van der Waals surface area contributed by atoms with Crippen LogP contribution in [0.2, 0.25) is 0 Å². The van der Waals surface area contributed by atoms with E-state index in [-0.39, 0.29) is 49.2 Å². The average Bonchev–Trinajstić information content (AvgIpc) is 3.38. The van der Waals surface area contributed by atoms with Gasteiger partial charge >= 0.3 is 0 Å². The van der Waals surface area contributed by atoms with Crippen LogP contribution < -0.4 is 10.1 Å². The van der Waals surface area contributed by atoms with Gasteiger partial charge in [0.05, 0.1) is 28.1 Å². The summed E-state index contributed by atoms with van der Waals surface area (Å²) in [5.41, 5.74) is 1.50. The molecule has 36 heavy (non-hydrogen) atoms. The van der Waals surface area contributed by atoms with Gasteiger partial charge in [-0.25, -0.2) is 13.8 Å². The summed E-state index contributed by atoms with van der Waals surface area (Å²) in [6.07, 6.45) is 0.993. The molecule has 7 nitrogen and oxygen atoms in total. The molecule has 6 rings (SSSR count).